The van der Waals surface area contributed by atoms with E-state index in [0.29, 0.717) is 23.6 Å². The number of aliphatic hydroxyl groups excluding tert-OH is 1. The predicted molar refractivity (Wildman–Crippen MR) is 78.6 cm³/mol. The Hall–Kier alpha value is -1.95. The highest BCUT2D eigenvalue weighted by molar-refractivity contribution is 5.75. The fraction of sp³-hybridized carbons (Fsp3) is 0.533. The summed E-state index contributed by atoms with van der Waals surface area (Å²) in [6.07, 6.45) is -0.795. The summed E-state index contributed by atoms with van der Waals surface area (Å²) in [7, 11) is 3.13. The zero-order valence-corrected chi connectivity index (χ0v) is 12.8. The monoisotopic (exact) mass is 294 g/mol. The number of urea groups is 1. The van der Waals surface area contributed by atoms with E-state index in [0.717, 1.165) is 5.56 Å². The van der Waals surface area contributed by atoms with E-state index in [1.54, 1.807) is 31.3 Å². The highest BCUT2D eigenvalue weighted by Crippen LogP contribution is 2.39. The molecule has 1 heterocycles. The van der Waals surface area contributed by atoms with Crippen molar-refractivity contribution in [1.29, 1.82) is 0 Å². The van der Waals surface area contributed by atoms with Gasteiger partial charge in [0.2, 0.25) is 0 Å². The van der Waals surface area contributed by atoms with Gasteiger partial charge in [0, 0.05) is 17.2 Å². The minimum absolute atomic E-state index is 0.0447. The molecule has 0 radical (unpaired) electrons. The molecule has 0 saturated heterocycles. The number of nitrogens with zero attached hydrogens (tertiary/aromatic N) is 1. The van der Waals surface area contributed by atoms with Gasteiger partial charge in [-0.05, 0) is 26.0 Å². The number of hydrogen-bond acceptors (Lipinski definition) is 4. The normalized spacial score (nSPS) is 17.4. The summed E-state index contributed by atoms with van der Waals surface area (Å²) >= 11 is 0. The summed E-state index contributed by atoms with van der Waals surface area (Å²) in [4.78, 5) is 13.7. The average Bonchev–Trinajstić information content (AvgIpc) is 2.45. The predicted octanol–water partition coefficient (Wildman–Crippen LogP) is 1.67. The minimum Gasteiger partial charge on any atom is -0.496 e. The first-order valence-electron chi connectivity index (χ1n) is 6.95. The second-order valence-corrected chi connectivity index (χ2v) is 5.36. The van der Waals surface area contributed by atoms with Crippen LogP contribution in [0.5, 0.6) is 11.5 Å². The third kappa shape index (κ3) is 3.05. The SMILES string of the molecule is COc1ccc(OC)c2c1CN(C(=O)NC(C)C)C[C@H]2O. The number of β-amino-alcohol motifs (C(OH)–C–C–N with tert-alkyl or cyclic N) is 1. The van der Waals surface area contributed by atoms with Crippen molar-refractivity contribution in [2.75, 3.05) is 20.8 Å². The number of aliphatic hydroxyl groups is 1. The number of nitrogens with one attached hydrogen (secondary N) is 1. The summed E-state index contributed by atoms with van der Waals surface area (Å²) < 4.78 is 10.7. The second kappa shape index (κ2) is 6.22. The maximum Gasteiger partial charge on any atom is 0.318 e. The summed E-state index contributed by atoms with van der Waals surface area (Å²) in [6.45, 7) is 4.41. The van der Waals surface area contributed by atoms with E-state index >= 15 is 0 Å². The fourth-order valence-electron chi connectivity index (χ4n) is 2.57. The van der Waals surface area contributed by atoms with Crippen LogP contribution in [-0.2, 0) is 6.54 Å². The molecular formula is C15H22N2O4. The van der Waals surface area contributed by atoms with Gasteiger partial charge < -0.3 is 24.8 Å². The lowest BCUT2D eigenvalue weighted by molar-refractivity contribution is 0.0998. The summed E-state index contributed by atoms with van der Waals surface area (Å²) in [5.41, 5.74) is 1.49. The van der Waals surface area contributed by atoms with Gasteiger partial charge in [0.1, 0.15) is 17.6 Å². The number of carbonyl (C=O) groups is 1. The minimum atomic E-state index is -0.795. The van der Waals surface area contributed by atoms with Crippen LogP contribution in [0.3, 0.4) is 0 Å². The van der Waals surface area contributed by atoms with E-state index in [9.17, 15) is 9.90 Å². The first-order valence-corrected chi connectivity index (χ1v) is 6.95. The Morgan fingerprint density at radius 1 is 1.33 bits per heavy atom. The van der Waals surface area contributed by atoms with E-state index in [2.05, 4.69) is 5.32 Å². The van der Waals surface area contributed by atoms with Gasteiger partial charge in [0.05, 0.1) is 27.3 Å². The maximum atomic E-state index is 12.1. The Kier molecular flexibility index (Phi) is 4.57. The van der Waals surface area contributed by atoms with Crippen LogP contribution in [0.4, 0.5) is 4.79 Å². The first kappa shape index (κ1) is 15.4. The molecule has 116 valence electrons. The first-order chi connectivity index (χ1) is 9.97. The molecule has 1 aliphatic rings. The Morgan fingerprint density at radius 3 is 2.52 bits per heavy atom. The molecule has 0 spiro atoms. The van der Waals surface area contributed by atoms with Gasteiger partial charge in [0.25, 0.3) is 0 Å². The lowest BCUT2D eigenvalue weighted by atomic mass is 9.95. The van der Waals surface area contributed by atoms with Crippen LogP contribution in [0.25, 0.3) is 0 Å². The van der Waals surface area contributed by atoms with E-state index in [-0.39, 0.29) is 18.6 Å². The van der Waals surface area contributed by atoms with E-state index in [1.165, 1.54) is 0 Å². The van der Waals surface area contributed by atoms with Gasteiger partial charge in [0.15, 0.2) is 0 Å². The maximum absolute atomic E-state index is 12.1. The van der Waals surface area contributed by atoms with Gasteiger partial charge in [-0.1, -0.05) is 0 Å². The highest BCUT2D eigenvalue weighted by Gasteiger charge is 2.31. The Balaban J connectivity index is 2.36. The number of hydrogen-bond donors (Lipinski definition) is 2. The number of benzene rings is 1. The number of fused-ring (bicyclic) bond motifs is 1. The van der Waals surface area contributed by atoms with Crippen LogP contribution >= 0.6 is 0 Å². The van der Waals surface area contributed by atoms with Crippen LogP contribution in [0.15, 0.2) is 12.1 Å². The molecular weight excluding hydrogens is 272 g/mol. The van der Waals surface area contributed by atoms with Crippen molar-refractivity contribution in [2.45, 2.75) is 32.5 Å². The van der Waals surface area contributed by atoms with Gasteiger partial charge in [-0.3, -0.25) is 0 Å². The van der Waals surface area contributed by atoms with Crippen molar-refractivity contribution in [2.24, 2.45) is 0 Å². The third-order valence-electron chi connectivity index (χ3n) is 3.49. The molecule has 6 nitrogen and oxygen atoms in total. The molecule has 0 saturated carbocycles. The largest absolute Gasteiger partial charge is 0.496 e. The molecule has 0 aromatic heterocycles. The Morgan fingerprint density at radius 2 is 1.95 bits per heavy atom. The lowest BCUT2D eigenvalue weighted by Gasteiger charge is -2.34. The van der Waals surface area contributed by atoms with Gasteiger partial charge in [-0.25, -0.2) is 4.79 Å². The highest BCUT2D eigenvalue weighted by atomic mass is 16.5. The molecule has 6 heteroatoms. The molecule has 0 fully saturated rings. The molecule has 2 rings (SSSR count). The van der Waals surface area contributed by atoms with Crippen LogP contribution in [0, 0.1) is 0 Å². The van der Waals surface area contributed by atoms with Crippen LogP contribution in [-0.4, -0.2) is 42.8 Å². The number of carbonyl (C=O) groups excluding carboxylic acids is 1. The van der Waals surface area contributed by atoms with Crippen molar-refractivity contribution >= 4 is 6.03 Å². The fourth-order valence-corrected chi connectivity index (χ4v) is 2.57. The van der Waals surface area contributed by atoms with Crippen molar-refractivity contribution < 1.29 is 19.4 Å². The molecule has 1 atom stereocenters. The van der Waals surface area contributed by atoms with Gasteiger partial charge >= 0.3 is 6.03 Å². The summed E-state index contributed by atoms with van der Waals surface area (Å²) in [5.74, 6) is 1.26. The van der Waals surface area contributed by atoms with Crippen molar-refractivity contribution in [3.8, 4) is 11.5 Å². The smallest absolute Gasteiger partial charge is 0.318 e. The van der Waals surface area contributed by atoms with Crippen LogP contribution in [0.2, 0.25) is 0 Å². The zero-order valence-electron chi connectivity index (χ0n) is 12.8. The molecule has 2 N–H and O–H groups in total. The lowest BCUT2D eigenvalue weighted by Crippen LogP contribution is -2.46. The quantitative estimate of drug-likeness (QED) is 0.889. The molecule has 1 aromatic carbocycles. The molecule has 1 aliphatic heterocycles. The zero-order chi connectivity index (χ0) is 15.6. The molecule has 0 unspecified atom stereocenters. The average molecular weight is 294 g/mol. The van der Waals surface area contributed by atoms with E-state index in [4.69, 9.17) is 9.47 Å². The standard InChI is InChI=1S/C15H22N2O4/c1-9(2)16-15(19)17-7-10-12(20-3)5-6-13(21-4)14(10)11(18)8-17/h5-6,9,11,18H,7-8H2,1-4H3,(H,16,19)/t11-/m1/s1. The van der Waals surface area contributed by atoms with Crippen LogP contribution < -0.4 is 14.8 Å². The Labute approximate surface area is 124 Å². The van der Waals surface area contributed by atoms with Crippen molar-refractivity contribution in [3.63, 3.8) is 0 Å². The van der Waals surface area contributed by atoms with Crippen molar-refractivity contribution in [3.05, 3.63) is 23.3 Å². The number of methoxy groups -OCH3 is 2. The number of ether oxygens (including phenoxy) is 2. The Bertz CT molecular complexity index is 531. The second-order valence-electron chi connectivity index (χ2n) is 5.36. The molecule has 1 aromatic rings. The third-order valence-corrected chi connectivity index (χ3v) is 3.49. The molecule has 21 heavy (non-hydrogen) atoms. The van der Waals surface area contributed by atoms with E-state index in [1.807, 2.05) is 13.8 Å². The summed E-state index contributed by atoms with van der Waals surface area (Å²) in [6, 6.07) is 3.40. The van der Waals surface area contributed by atoms with Gasteiger partial charge in [-0.15, -0.1) is 0 Å². The number of amides is 2. The molecule has 0 bridgehead atoms. The van der Waals surface area contributed by atoms with Gasteiger partial charge in [-0.2, -0.15) is 0 Å². The van der Waals surface area contributed by atoms with E-state index < -0.39 is 6.10 Å². The van der Waals surface area contributed by atoms with Crippen molar-refractivity contribution in [1.82, 2.24) is 10.2 Å². The molecule has 2 amide bonds. The number of rotatable bonds is 3. The molecule has 0 aliphatic carbocycles. The summed E-state index contributed by atoms with van der Waals surface area (Å²) in [5, 5.41) is 13.2. The van der Waals surface area contributed by atoms with Crippen LogP contribution in [0.1, 0.15) is 31.1 Å². The topological polar surface area (TPSA) is 71.0 Å².